The van der Waals surface area contributed by atoms with Crippen LogP contribution in [-0.4, -0.2) is 20.1 Å². The first-order valence-corrected chi connectivity index (χ1v) is 32.6. The molecule has 0 aromatic heterocycles. The molecule has 14 aromatic carbocycles. The van der Waals surface area contributed by atoms with Gasteiger partial charge in [0.05, 0.1) is 17.1 Å². The molecule has 6 aliphatic rings. The molecule has 0 spiro atoms. The number of rotatable bonds is 10. The Bertz CT molecular complexity index is 5330. The Labute approximate surface area is 556 Å². The summed E-state index contributed by atoms with van der Waals surface area (Å²) in [6.07, 6.45) is 0. The molecule has 12 heteroatoms. The van der Waals surface area contributed by atoms with E-state index in [4.69, 9.17) is 23.7 Å². The van der Waals surface area contributed by atoms with E-state index in [9.17, 15) is 0 Å². The van der Waals surface area contributed by atoms with Crippen LogP contribution in [0, 0.1) is 0 Å². The van der Waals surface area contributed by atoms with Gasteiger partial charge in [0.25, 0.3) is 20.1 Å². The molecule has 0 radical (unpaired) electrons. The van der Waals surface area contributed by atoms with E-state index in [0.717, 1.165) is 163 Å². The Morgan fingerprint density at radius 3 is 0.875 bits per heavy atom. The SMILES string of the molecule is c1ccc(N(c2ccccc2)c2cc3c4c(c2)Oc2cc5c(cc2B4c2ccccc2O3)B2c3cc4c(cc3N(c3ccccc3)c3cc(N(c6ccccc6)c6ccccc6)cc(c32)O5)Oc2cc(N(c3ccccc3)c3ccccc3)cc3c2B4c2ccccc2O3)cc1. The molecule has 0 unspecified atom stereocenters. The Kier molecular flexibility index (Phi) is 12.1. The van der Waals surface area contributed by atoms with Gasteiger partial charge in [0.15, 0.2) is 0 Å². The van der Waals surface area contributed by atoms with Crippen LogP contribution in [-0.2, 0) is 0 Å². The van der Waals surface area contributed by atoms with Crippen molar-refractivity contribution in [2.45, 2.75) is 0 Å². The molecule has 96 heavy (non-hydrogen) atoms. The molecule has 0 saturated heterocycles. The van der Waals surface area contributed by atoms with Crippen molar-refractivity contribution in [3.8, 4) is 57.5 Å². The predicted molar refractivity (Wildman–Crippen MR) is 392 cm³/mol. The number of anilines is 12. The third kappa shape index (κ3) is 8.48. The van der Waals surface area contributed by atoms with Crippen molar-refractivity contribution in [1.82, 2.24) is 0 Å². The molecule has 0 saturated carbocycles. The fourth-order valence-electron chi connectivity index (χ4n) is 15.6. The summed E-state index contributed by atoms with van der Waals surface area (Å²) < 4.78 is 36.8. The van der Waals surface area contributed by atoms with Crippen LogP contribution in [0.15, 0.2) is 322 Å². The molecule has 0 amide bonds. The van der Waals surface area contributed by atoms with E-state index in [2.05, 4.69) is 329 Å². The van der Waals surface area contributed by atoms with Crippen LogP contribution in [0.4, 0.5) is 68.2 Å². The first-order chi connectivity index (χ1) is 47.6. The second-order valence-corrected chi connectivity index (χ2v) is 25.0. The average molecular weight is 1230 g/mol. The van der Waals surface area contributed by atoms with Gasteiger partial charge in [-0.15, -0.1) is 0 Å². The highest BCUT2D eigenvalue weighted by atomic mass is 16.5. The Hall–Kier alpha value is -12.5. The number of hydrogen-bond acceptors (Lipinski definition) is 9. The molecule has 0 bridgehead atoms. The van der Waals surface area contributed by atoms with Gasteiger partial charge in [0.2, 0.25) is 0 Å². The van der Waals surface area contributed by atoms with E-state index >= 15 is 0 Å². The molecule has 0 aliphatic carbocycles. The average Bonchev–Trinajstić information content (AvgIpc) is 0.690. The van der Waals surface area contributed by atoms with Crippen LogP contribution in [0.3, 0.4) is 0 Å². The summed E-state index contributed by atoms with van der Waals surface area (Å²) in [4.78, 5) is 9.27. The first-order valence-electron chi connectivity index (χ1n) is 32.6. The van der Waals surface area contributed by atoms with Gasteiger partial charge in [-0.2, -0.15) is 0 Å². The van der Waals surface area contributed by atoms with Crippen molar-refractivity contribution >= 4 is 138 Å². The zero-order valence-electron chi connectivity index (χ0n) is 51.7. The molecule has 9 nitrogen and oxygen atoms in total. The molecule has 20 rings (SSSR count). The molecule has 0 N–H and O–H groups in total. The van der Waals surface area contributed by atoms with Crippen LogP contribution in [0.1, 0.15) is 0 Å². The van der Waals surface area contributed by atoms with Crippen molar-refractivity contribution in [2.24, 2.45) is 0 Å². The standard InChI is InChI=1S/C84H53B3N4O5/c1-8-26-54(27-9-1)88(55-28-10-2-11-29-55)61-44-71-82-77(45-61)95-76-53-75-68(86-65-41-23-25-43-73(65)93-79-47-63(49-81(96-75)84(79)86)90(58-34-16-5-17-35-58)59-36-18-6-19-37-59)51-69(76)87(82)66-50-67-74(52-70(66)91(71)60-38-20-7-21-39-60)94-80-48-62(46-78-83(80)85(67)64-40-22-24-42-72(64)92-78)89(56-30-12-3-13-31-56)57-32-14-4-15-33-57/h1-53H. The highest BCUT2D eigenvalue weighted by Gasteiger charge is 2.49. The van der Waals surface area contributed by atoms with Gasteiger partial charge in [-0.3, -0.25) is 0 Å². The first kappa shape index (κ1) is 54.1. The zero-order valence-corrected chi connectivity index (χ0v) is 51.7. The van der Waals surface area contributed by atoms with E-state index in [0.29, 0.717) is 11.5 Å². The van der Waals surface area contributed by atoms with E-state index in [1.165, 1.54) is 0 Å². The second kappa shape index (κ2) is 21.5. The maximum Gasteiger partial charge on any atom is 0.260 e. The summed E-state index contributed by atoms with van der Waals surface area (Å²) in [5, 5.41) is 0. The van der Waals surface area contributed by atoms with Gasteiger partial charge < -0.3 is 43.3 Å². The Morgan fingerprint density at radius 2 is 0.490 bits per heavy atom. The zero-order chi connectivity index (χ0) is 63.0. The van der Waals surface area contributed by atoms with Gasteiger partial charge in [0, 0.05) is 105 Å². The van der Waals surface area contributed by atoms with Crippen LogP contribution in [0.2, 0.25) is 0 Å². The van der Waals surface area contributed by atoms with Crippen molar-refractivity contribution in [1.29, 1.82) is 0 Å². The molecule has 14 aromatic rings. The lowest BCUT2D eigenvalue weighted by atomic mass is 9.30. The Balaban J connectivity index is 0.826. The summed E-state index contributed by atoms with van der Waals surface area (Å²) in [5.41, 5.74) is 21.1. The third-order valence-electron chi connectivity index (χ3n) is 19.6. The minimum atomic E-state index is -0.354. The number of ether oxygens (including phenoxy) is 5. The Morgan fingerprint density at radius 1 is 0.198 bits per heavy atom. The number of hydrogen-bond donors (Lipinski definition) is 0. The number of para-hydroxylation sites is 9. The smallest absolute Gasteiger partial charge is 0.260 e. The monoisotopic (exact) mass is 1230 g/mol. The summed E-state index contributed by atoms with van der Waals surface area (Å²) in [7, 11) is 0. The highest BCUT2D eigenvalue weighted by Crippen LogP contribution is 2.50. The van der Waals surface area contributed by atoms with Gasteiger partial charge in [-0.05, 0) is 141 Å². The lowest BCUT2D eigenvalue weighted by Gasteiger charge is -2.43. The predicted octanol–water partition coefficient (Wildman–Crippen LogP) is 16.0. The minimum absolute atomic E-state index is 0.252. The largest absolute Gasteiger partial charge is 0.458 e. The fourth-order valence-corrected chi connectivity index (χ4v) is 15.6. The summed E-state index contributed by atoms with van der Waals surface area (Å²) in [5.74, 6) is 7.49. The quantitative estimate of drug-likeness (QED) is 0.125. The number of nitrogens with zero attached hydrogens (tertiary/aromatic N) is 4. The summed E-state index contributed by atoms with van der Waals surface area (Å²) in [6, 6.07) is 113. The molecule has 0 atom stereocenters. The van der Waals surface area contributed by atoms with Gasteiger partial charge >= 0.3 is 0 Å². The normalized spacial score (nSPS) is 13.1. The maximum atomic E-state index is 7.65. The maximum absolute atomic E-state index is 7.65. The molecular weight excluding hydrogens is 1180 g/mol. The van der Waals surface area contributed by atoms with Crippen molar-refractivity contribution in [2.75, 3.05) is 19.6 Å². The third-order valence-corrected chi connectivity index (χ3v) is 19.6. The van der Waals surface area contributed by atoms with Gasteiger partial charge in [-0.1, -0.05) is 176 Å². The van der Waals surface area contributed by atoms with Crippen LogP contribution >= 0.6 is 0 Å². The highest BCUT2D eigenvalue weighted by molar-refractivity contribution is 7.03. The minimum Gasteiger partial charge on any atom is -0.458 e. The lowest BCUT2D eigenvalue weighted by molar-refractivity contribution is 0.456. The van der Waals surface area contributed by atoms with Gasteiger partial charge in [0.1, 0.15) is 57.5 Å². The fraction of sp³-hybridized carbons (Fsp3) is 0. The molecule has 6 heterocycles. The van der Waals surface area contributed by atoms with E-state index in [1.54, 1.807) is 0 Å². The second-order valence-electron chi connectivity index (χ2n) is 25.0. The molecule has 6 aliphatic heterocycles. The summed E-state index contributed by atoms with van der Waals surface area (Å²) >= 11 is 0. The van der Waals surface area contributed by atoms with Crippen LogP contribution < -0.4 is 92.4 Å². The van der Waals surface area contributed by atoms with Crippen molar-refractivity contribution in [3.63, 3.8) is 0 Å². The van der Waals surface area contributed by atoms with E-state index in [-0.39, 0.29) is 20.1 Å². The van der Waals surface area contributed by atoms with Crippen molar-refractivity contribution < 1.29 is 23.7 Å². The molecular formula is C84H53B3N4O5. The molecule has 448 valence electrons. The van der Waals surface area contributed by atoms with Crippen LogP contribution in [0.25, 0.3) is 0 Å². The van der Waals surface area contributed by atoms with Crippen LogP contribution in [0.5, 0.6) is 57.5 Å². The summed E-state index contributed by atoms with van der Waals surface area (Å²) in [6.45, 7) is -0.858. The topological polar surface area (TPSA) is 59.1 Å². The number of benzene rings is 14. The lowest BCUT2D eigenvalue weighted by Crippen LogP contribution is -2.64. The van der Waals surface area contributed by atoms with Crippen molar-refractivity contribution in [3.05, 3.63) is 322 Å². The molecule has 0 fully saturated rings. The van der Waals surface area contributed by atoms with E-state index in [1.807, 2.05) is 12.1 Å². The van der Waals surface area contributed by atoms with E-state index < -0.39 is 0 Å². The van der Waals surface area contributed by atoms with Gasteiger partial charge in [-0.25, -0.2) is 0 Å². The number of fused-ring (bicyclic) bond motifs is 12.